The quantitative estimate of drug-likeness (QED) is 0.691. The van der Waals surface area contributed by atoms with E-state index < -0.39 is 0 Å². The first-order valence-corrected chi connectivity index (χ1v) is 6.64. The van der Waals surface area contributed by atoms with Gasteiger partial charge in [-0.15, -0.1) is 6.58 Å². The van der Waals surface area contributed by atoms with Crippen LogP contribution in [0.15, 0.2) is 36.4 Å². The van der Waals surface area contributed by atoms with Crippen LogP contribution in [0.3, 0.4) is 0 Å². The van der Waals surface area contributed by atoms with Gasteiger partial charge in [0.2, 0.25) is 0 Å². The van der Waals surface area contributed by atoms with Crippen LogP contribution in [0.5, 0.6) is 0 Å². The van der Waals surface area contributed by atoms with Crippen LogP contribution in [-0.4, -0.2) is 6.54 Å². The van der Waals surface area contributed by atoms with E-state index in [4.69, 9.17) is 11.6 Å². The topological polar surface area (TPSA) is 12.0 Å². The minimum atomic E-state index is 0.380. The van der Waals surface area contributed by atoms with Gasteiger partial charge in [0.15, 0.2) is 0 Å². The number of halogens is 1. The maximum atomic E-state index is 6.04. The highest BCUT2D eigenvalue weighted by Gasteiger charge is 2.10. The van der Waals surface area contributed by atoms with Gasteiger partial charge in [-0.25, -0.2) is 0 Å². The third-order valence-corrected chi connectivity index (χ3v) is 2.99. The van der Waals surface area contributed by atoms with Gasteiger partial charge < -0.3 is 5.32 Å². The van der Waals surface area contributed by atoms with Crippen molar-refractivity contribution in [3.63, 3.8) is 0 Å². The SMILES string of the molecule is C=C(C)CCC(NCCC)c1cccc(Cl)c1. The smallest absolute Gasteiger partial charge is 0.0409 e. The van der Waals surface area contributed by atoms with Gasteiger partial charge in [-0.1, -0.05) is 36.2 Å². The lowest BCUT2D eigenvalue weighted by Crippen LogP contribution is -2.22. The third-order valence-electron chi connectivity index (χ3n) is 2.75. The summed E-state index contributed by atoms with van der Waals surface area (Å²) in [5.41, 5.74) is 2.50. The van der Waals surface area contributed by atoms with Gasteiger partial charge in [0.1, 0.15) is 0 Å². The lowest BCUT2D eigenvalue weighted by Gasteiger charge is -2.19. The van der Waals surface area contributed by atoms with E-state index in [2.05, 4.69) is 31.8 Å². The van der Waals surface area contributed by atoms with E-state index in [-0.39, 0.29) is 0 Å². The molecule has 0 aromatic heterocycles. The maximum Gasteiger partial charge on any atom is 0.0409 e. The zero-order valence-corrected chi connectivity index (χ0v) is 11.6. The van der Waals surface area contributed by atoms with Gasteiger partial charge in [-0.3, -0.25) is 0 Å². The summed E-state index contributed by atoms with van der Waals surface area (Å²) in [5.74, 6) is 0. The van der Waals surface area contributed by atoms with E-state index in [9.17, 15) is 0 Å². The van der Waals surface area contributed by atoms with Crippen molar-refractivity contribution in [3.05, 3.63) is 47.0 Å². The molecule has 17 heavy (non-hydrogen) atoms. The molecule has 1 aromatic rings. The Balaban J connectivity index is 2.70. The lowest BCUT2D eigenvalue weighted by molar-refractivity contribution is 0.499. The average molecular weight is 252 g/mol. The average Bonchev–Trinajstić information content (AvgIpc) is 2.29. The van der Waals surface area contributed by atoms with Crippen LogP contribution in [0.25, 0.3) is 0 Å². The van der Waals surface area contributed by atoms with Crippen molar-refractivity contribution >= 4 is 11.6 Å². The fourth-order valence-electron chi connectivity index (χ4n) is 1.82. The summed E-state index contributed by atoms with van der Waals surface area (Å²) >= 11 is 6.04. The molecular weight excluding hydrogens is 230 g/mol. The van der Waals surface area contributed by atoms with Crippen LogP contribution in [0, 0.1) is 0 Å². The Morgan fingerprint density at radius 1 is 1.47 bits per heavy atom. The van der Waals surface area contributed by atoms with Crippen LogP contribution in [-0.2, 0) is 0 Å². The van der Waals surface area contributed by atoms with Crippen molar-refractivity contribution in [2.45, 2.75) is 39.2 Å². The molecule has 0 spiro atoms. The Kier molecular flexibility index (Phi) is 6.31. The first-order valence-electron chi connectivity index (χ1n) is 6.26. The summed E-state index contributed by atoms with van der Waals surface area (Å²) in [6.45, 7) is 9.26. The Hall–Kier alpha value is -0.790. The molecule has 1 nitrogen and oxygen atoms in total. The summed E-state index contributed by atoms with van der Waals surface area (Å²) in [6, 6.07) is 8.50. The number of allylic oxidation sites excluding steroid dienone is 1. The van der Waals surface area contributed by atoms with E-state index in [1.807, 2.05) is 18.2 Å². The normalized spacial score (nSPS) is 12.4. The maximum absolute atomic E-state index is 6.04. The molecule has 1 aromatic carbocycles. The predicted octanol–water partition coefficient (Wildman–Crippen LogP) is 4.74. The van der Waals surface area contributed by atoms with Crippen molar-refractivity contribution in [3.8, 4) is 0 Å². The molecule has 0 fully saturated rings. The predicted molar refractivity (Wildman–Crippen MR) is 76.5 cm³/mol. The monoisotopic (exact) mass is 251 g/mol. The third kappa shape index (κ3) is 5.38. The number of hydrogen-bond acceptors (Lipinski definition) is 1. The molecule has 1 N–H and O–H groups in total. The van der Waals surface area contributed by atoms with Gasteiger partial charge in [-0.05, 0) is 50.4 Å². The van der Waals surface area contributed by atoms with Crippen molar-refractivity contribution < 1.29 is 0 Å². The van der Waals surface area contributed by atoms with Gasteiger partial charge in [-0.2, -0.15) is 0 Å². The second kappa shape index (κ2) is 7.52. The molecular formula is C15H22ClN. The first kappa shape index (κ1) is 14.3. The molecule has 0 saturated carbocycles. The van der Waals surface area contributed by atoms with E-state index in [0.29, 0.717) is 6.04 Å². The van der Waals surface area contributed by atoms with Crippen LogP contribution in [0.1, 0.15) is 44.7 Å². The summed E-state index contributed by atoms with van der Waals surface area (Å²) < 4.78 is 0. The van der Waals surface area contributed by atoms with Crippen LogP contribution in [0.2, 0.25) is 5.02 Å². The molecule has 0 amide bonds. The standard InChI is InChI=1S/C15H22ClN/c1-4-10-17-15(9-8-12(2)3)13-6-5-7-14(16)11-13/h5-7,11,15,17H,2,4,8-10H2,1,3H3. The van der Waals surface area contributed by atoms with Gasteiger partial charge >= 0.3 is 0 Å². The van der Waals surface area contributed by atoms with Gasteiger partial charge in [0.25, 0.3) is 0 Å². The number of nitrogens with one attached hydrogen (secondary N) is 1. The largest absolute Gasteiger partial charge is 0.310 e. The lowest BCUT2D eigenvalue weighted by atomic mass is 10.00. The summed E-state index contributed by atoms with van der Waals surface area (Å²) in [7, 11) is 0. The summed E-state index contributed by atoms with van der Waals surface area (Å²) in [5, 5.41) is 4.38. The van der Waals surface area contributed by atoms with E-state index in [1.54, 1.807) is 0 Å². The molecule has 0 bridgehead atoms. The molecule has 0 aliphatic heterocycles. The minimum absolute atomic E-state index is 0.380. The number of hydrogen-bond donors (Lipinski definition) is 1. The zero-order valence-electron chi connectivity index (χ0n) is 10.8. The van der Waals surface area contributed by atoms with Crippen LogP contribution >= 0.6 is 11.6 Å². The van der Waals surface area contributed by atoms with E-state index in [0.717, 1.165) is 30.8 Å². The molecule has 0 aliphatic rings. The summed E-state index contributed by atoms with van der Waals surface area (Å²) in [6.07, 6.45) is 3.27. The van der Waals surface area contributed by atoms with Crippen molar-refractivity contribution in [2.24, 2.45) is 0 Å². The first-order chi connectivity index (χ1) is 8.13. The Morgan fingerprint density at radius 2 is 2.24 bits per heavy atom. The highest BCUT2D eigenvalue weighted by atomic mass is 35.5. The molecule has 1 rings (SSSR count). The highest BCUT2D eigenvalue weighted by molar-refractivity contribution is 6.30. The number of rotatable bonds is 7. The Bertz CT molecular complexity index is 360. The molecule has 1 atom stereocenters. The van der Waals surface area contributed by atoms with Crippen molar-refractivity contribution in [1.29, 1.82) is 0 Å². The molecule has 94 valence electrons. The summed E-state index contributed by atoms with van der Waals surface area (Å²) in [4.78, 5) is 0. The van der Waals surface area contributed by atoms with E-state index >= 15 is 0 Å². The Labute approximate surface area is 110 Å². The van der Waals surface area contributed by atoms with E-state index in [1.165, 1.54) is 11.1 Å². The fourth-order valence-corrected chi connectivity index (χ4v) is 2.02. The molecule has 0 heterocycles. The van der Waals surface area contributed by atoms with Gasteiger partial charge in [0, 0.05) is 11.1 Å². The fraction of sp³-hybridized carbons (Fsp3) is 0.467. The van der Waals surface area contributed by atoms with Crippen molar-refractivity contribution in [2.75, 3.05) is 6.54 Å². The second-order valence-electron chi connectivity index (χ2n) is 4.56. The molecule has 0 saturated heterocycles. The van der Waals surface area contributed by atoms with Crippen LogP contribution in [0.4, 0.5) is 0 Å². The molecule has 2 heteroatoms. The van der Waals surface area contributed by atoms with Crippen LogP contribution < -0.4 is 5.32 Å². The molecule has 0 aliphatic carbocycles. The van der Waals surface area contributed by atoms with Crippen molar-refractivity contribution in [1.82, 2.24) is 5.32 Å². The minimum Gasteiger partial charge on any atom is -0.310 e. The zero-order chi connectivity index (χ0) is 12.7. The molecule has 1 unspecified atom stereocenters. The Morgan fingerprint density at radius 3 is 2.82 bits per heavy atom. The number of benzene rings is 1. The molecule has 0 radical (unpaired) electrons. The second-order valence-corrected chi connectivity index (χ2v) is 4.99. The van der Waals surface area contributed by atoms with Gasteiger partial charge in [0.05, 0.1) is 0 Å². The highest BCUT2D eigenvalue weighted by Crippen LogP contribution is 2.23.